The zero-order valence-corrected chi connectivity index (χ0v) is 15.8. The third kappa shape index (κ3) is 4.36. The van der Waals surface area contributed by atoms with Crippen LogP contribution in [0.2, 0.25) is 0 Å². The zero-order chi connectivity index (χ0) is 19.6. The standard InChI is InChI=1S/C18H26N2O6/c1-11-8-12(6-7-19(11)17(24)26-18(2,3)4)20-10-13(16(23)25-5)14(21)9-15(20)22/h9-12,21H,6-8H2,1-5H3/t11-,12?/m1/s1. The van der Waals surface area contributed by atoms with Gasteiger partial charge in [0.2, 0.25) is 0 Å². The third-order valence-electron chi connectivity index (χ3n) is 4.33. The van der Waals surface area contributed by atoms with E-state index in [2.05, 4.69) is 4.74 Å². The number of carbonyl (C=O) groups excluding carboxylic acids is 2. The molecule has 1 N–H and O–H groups in total. The van der Waals surface area contributed by atoms with E-state index < -0.39 is 22.9 Å². The number of amides is 1. The summed E-state index contributed by atoms with van der Waals surface area (Å²) in [5.41, 5.74) is -1.04. The average Bonchev–Trinajstić information content (AvgIpc) is 2.52. The Morgan fingerprint density at radius 2 is 1.96 bits per heavy atom. The Labute approximate surface area is 152 Å². The van der Waals surface area contributed by atoms with E-state index in [1.807, 2.05) is 27.7 Å². The van der Waals surface area contributed by atoms with E-state index in [9.17, 15) is 19.5 Å². The highest BCUT2D eigenvalue weighted by Gasteiger charge is 2.33. The summed E-state index contributed by atoms with van der Waals surface area (Å²) in [5.74, 6) is -1.12. The van der Waals surface area contributed by atoms with Crippen molar-refractivity contribution in [2.45, 2.75) is 58.2 Å². The average molecular weight is 366 g/mol. The number of nitrogens with zero attached hydrogens (tertiary/aromatic N) is 2. The summed E-state index contributed by atoms with van der Waals surface area (Å²) in [4.78, 5) is 38.0. The highest BCUT2D eigenvalue weighted by molar-refractivity contribution is 5.91. The van der Waals surface area contributed by atoms with E-state index in [-0.39, 0.29) is 23.7 Å². The second-order valence-corrected chi connectivity index (χ2v) is 7.51. The van der Waals surface area contributed by atoms with Crippen LogP contribution in [0.3, 0.4) is 0 Å². The summed E-state index contributed by atoms with van der Waals surface area (Å²) >= 11 is 0. The van der Waals surface area contributed by atoms with Crippen LogP contribution in [0.4, 0.5) is 4.79 Å². The summed E-state index contributed by atoms with van der Waals surface area (Å²) in [7, 11) is 1.21. The SMILES string of the molecule is COC(=O)c1cn(C2CCN(C(=O)OC(C)(C)C)[C@H](C)C2)c(=O)cc1O. The van der Waals surface area contributed by atoms with Crippen LogP contribution in [0, 0.1) is 0 Å². The van der Waals surface area contributed by atoms with Crippen molar-refractivity contribution in [2.75, 3.05) is 13.7 Å². The van der Waals surface area contributed by atoms with Crippen LogP contribution in [0.25, 0.3) is 0 Å². The van der Waals surface area contributed by atoms with Gasteiger partial charge in [0.25, 0.3) is 5.56 Å². The van der Waals surface area contributed by atoms with Gasteiger partial charge >= 0.3 is 12.1 Å². The monoisotopic (exact) mass is 366 g/mol. The molecule has 1 fully saturated rings. The number of pyridine rings is 1. The maximum atomic E-state index is 12.3. The second kappa shape index (κ2) is 7.39. The Morgan fingerprint density at radius 1 is 1.31 bits per heavy atom. The molecule has 26 heavy (non-hydrogen) atoms. The summed E-state index contributed by atoms with van der Waals surface area (Å²) in [5, 5.41) is 9.81. The second-order valence-electron chi connectivity index (χ2n) is 7.51. The summed E-state index contributed by atoms with van der Waals surface area (Å²) < 4.78 is 11.5. The van der Waals surface area contributed by atoms with Crippen LogP contribution in [0.1, 0.15) is 56.9 Å². The van der Waals surface area contributed by atoms with Crippen LogP contribution < -0.4 is 5.56 Å². The van der Waals surface area contributed by atoms with Crippen molar-refractivity contribution in [2.24, 2.45) is 0 Å². The molecule has 0 aromatic carbocycles. The highest BCUT2D eigenvalue weighted by atomic mass is 16.6. The minimum Gasteiger partial charge on any atom is -0.507 e. The molecule has 1 aromatic heterocycles. The molecule has 0 bridgehead atoms. The minimum atomic E-state index is -0.713. The molecule has 0 radical (unpaired) electrons. The smallest absolute Gasteiger partial charge is 0.410 e. The fraction of sp³-hybridized carbons (Fsp3) is 0.611. The Kier molecular flexibility index (Phi) is 5.63. The van der Waals surface area contributed by atoms with Gasteiger partial charge in [-0.15, -0.1) is 0 Å². The molecule has 0 aliphatic carbocycles. The highest BCUT2D eigenvalue weighted by Crippen LogP contribution is 2.28. The first-order valence-electron chi connectivity index (χ1n) is 8.56. The number of methoxy groups -OCH3 is 1. The van der Waals surface area contributed by atoms with Crippen LogP contribution in [-0.2, 0) is 9.47 Å². The Balaban J connectivity index is 2.20. The lowest BCUT2D eigenvalue weighted by Crippen LogP contribution is -2.48. The first-order valence-corrected chi connectivity index (χ1v) is 8.56. The largest absolute Gasteiger partial charge is 0.507 e. The number of aromatic nitrogens is 1. The molecule has 1 amide bonds. The first kappa shape index (κ1) is 19.8. The molecule has 1 saturated heterocycles. The molecule has 8 heteroatoms. The number of aromatic hydroxyl groups is 1. The number of carbonyl (C=O) groups is 2. The van der Waals surface area contributed by atoms with Gasteiger partial charge in [0.15, 0.2) is 0 Å². The van der Waals surface area contributed by atoms with Crippen molar-refractivity contribution in [3.05, 3.63) is 28.2 Å². The van der Waals surface area contributed by atoms with Crippen LogP contribution in [0.5, 0.6) is 5.75 Å². The first-order chi connectivity index (χ1) is 12.0. The van der Waals surface area contributed by atoms with Crippen molar-refractivity contribution < 1.29 is 24.2 Å². The maximum Gasteiger partial charge on any atom is 0.410 e. The number of hydrogen-bond donors (Lipinski definition) is 1. The van der Waals surface area contributed by atoms with Crippen LogP contribution >= 0.6 is 0 Å². The van der Waals surface area contributed by atoms with Gasteiger partial charge in [-0.1, -0.05) is 0 Å². The van der Waals surface area contributed by atoms with Crippen molar-refractivity contribution in [1.29, 1.82) is 0 Å². The minimum absolute atomic E-state index is 0.0608. The molecule has 0 spiro atoms. The van der Waals surface area contributed by atoms with Crippen molar-refractivity contribution in [3.8, 4) is 5.75 Å². The number of rotatable bonds is 2. The number of esters is 1. The van der Waals surface area contributed by atoms with Gasteiger partial charge in [0.1, 0.15) is 16.9 Å². The Bertz CT molecular complexity index is 749. The fourth-order valence-corrected chi connectivity index (χ4v) is 3.08. The zero-order valence-electron chi connectivity index (χ0n) is 15.8. The van der Waals surface area contributed by atoms with Gasteiger partial charge in [-0.3, -0.25) is 4.79 Å². The molecule has 0 saturated carbocycles. The molecule has 144 valence electrons. The number of ether oxygens (including phenoxy) is 2. The van der Waals surface area contributed by atoms with Gasteiger partial charge in [0.05, 0.1) is 7.11 Å². The Morgan fingerprint density at radius 3 is 2.50 bits per heavy atom. The molecule has 1 aliphatic heterocycles. The number of likely N-dealkylation sites (tertiary alicyclic amines) is 1. The number of hydrogen-bond acceptors (Lipinski definition) is 6. The van der Waals surface area contributed by atoms with Crippen LogP contribution in [-0.4, -0.2) is 51.9 Å². The van der Waals surface area contributed by atoms with E-state index in [1.165, 1.54) is 17.9 Å². The molecule has 2 heterocycles. The number of piperidine rings is 1. The Hall–Kier alpha value is -2.51. The topological polar surface area (TPSA) is 98.1 Å². The van der Waals surface area contributed by atoms with E-state index in [4.69, 9.17) is 4.74 Å². The molecule has 1 aliphatic rings. The van der Waals surface area contributed by atoms with E-state index in [0.717, 1.165) is 6.07 Å². The lowest BCUT2D eigenvalue weighted by Gasteiger charge is -2.38. The van der Waals surface area contributed by atoms with Gasteiger partial charge in [0, 0.05) is 30.9 Å². The lowest BCUT2D eigenvalue weighted by molar-refractivity contribution is 0.00771. The normalized spacial score (nSPS) is 20.6. The van der Waals surface area contributed by atoms with Gasteiger partial charge in [-0.2, -0.15) is 0 Å². The van der Waals surface area contributed by atoms with Crippen LogP contribution in [0.15, 0.2) is 17.1 Å². The molecule has 1 aromatic rings. The van der Waals surface area contributed by atoms with Crippen molar-refractivity contribution in [3.63, 3.8) is 0 Å². The molecule has 2 rings (SSSR count). The van der Waals surface area contributed by atoms with E-state index in [0.29, 0.717) is 19.4 Å². The fourth-order valence-electron chi connectivity index (χ4n) is 3.08. The van der Waals surface area contributed by atoms with Crippen molar-refractivity contribution in [1.82, 2.24) is 9.47 Å². The van der Waals surface area contributed by atoms with E-state index >= 15 is 0 Å². The summed E-state index contributed by atoms with van der Waals surface area (Å²) in [6.45, 7) is 7.76. The van der Waals surface area contributed by atoms with Gasteiger partial charge < -0.3 is 24.0 Å². The molecule has 8 nitrogen and oxygen atoms in total. The summed E-state index contributed by atoms with van der Waals surface area (Å²) in [6.07, 6.45) is 2.01. The molecular formula is C18H26N2O6. The summed E-state index contributed by atoms with van der Waals surface area (Å²) in [6, 6.07) is 0.683. The predicted octanol–water partition coefficient (Wildman–Crippen LogP) is 2.30. The molecule has 1 unspecified atom stereocenters. The quantitative estimate of drug-likeness (QED) is 0.807. The van der Waals surface area contributed by atoms with Crippen molar-refractivity contribution >= 4 is 12.1 Å². The lowest BCUT2D eigenvalue weighted by atomic mass is 9.98. The maximum absolute atomic E-state index is 12.3. The molecular weight excluding hydrogens is 340 g/mol. The van der Waals surface area contributed by atoms with E-state index in [1.54, 1.807) is 4.90 Å². The third-order valence-corrected chi connectivity index (χ3v) is 4.33. The molecule has 2 atom stereocenters. The predicted molar refractivity (Wildman–Crippen MR) is 94.4 cm³/mol. The van der Waals surface area contributed by atoms with Gasteiger partial charge in [-0.05, 0) is 40.5 Å². The van der Waals surface area contributed by atoms with Gasteiger partial charge in [-0.25, -0.2) is 9.59 Å².